The van der Waals surface area contributed by atoms with Gasteiger partial charge in [0.15, 0.2) is 5.78 Å². The molecule has 0 spiro atoms. The molecule has 32 heavy (non-hydrogen) atoms. The second kappa shape index (κ2) is 9.09. The van der Waals surface area contributed by atoms with Crippen molar-refractivity contribution in [3.63, 3.8) is 0 Å². The highest BCUT2D eigenvalue weighted by atomic mass is 79.9. The van der Waals surface area contributed by atoms with Crippen molar-refractivity contribution in [1.82, 2.24) is 0 Å². The van der Waals surface area contributed by atoms with Crippen LogP contribution >= 0.6 is 15.9 Å². The number of carbonyl (C=O) groups is 3. The molecule has 1 aliphatic rings. The first-order chi connectivity index (χ1) is 15.4. The molecule has 0 aromatic heterocycles. The molecule has 2 atom stereocenters. The quantitative estimate of drug-likeness (QED) is 0.266. The van der Waals surface area contributed by atoms with Crippen molar-refractivity contribution in [2.75, 3.05) is 11.5 Å². The third-order valence-electron chi connectivity index (χ3n) is 5.61. The van der Waals surface area contributed by atoms with E-state index < -0.39 is 23.7 Å². The van der Waals surface area contributed by atoms with E-state index in [0.717, 1.165) is 10.0 Å². The Morgan fingerprint density at radius 3 is 2.31 bits per heavy atom. The number of carbonyl (C=O) groups excluding carboxylic acids is 3. The number of benzene rings is 3. The molecular weight excluding hydrogens is 470 g/mol. The normalized spacial score (nSPS) is 18.2. The average Bonchev–Trinajstić information content (AvgIpc) is 3.07. The number of halogens is 1. The monoisotopic (exact) mass is 491 g/mol. The molecule has 0 saturated carbocycles. The van der Waals surface area contributed by atoms with E-state index in [2.05, 4.69) is 15.9 Å². The van der Waals surface area contributed by atoms with Gasteiger partial charge in [0, 0.05) is 15.7 Å². The average molecular weight is 492 g/mol. The van der Waals surface area contributed by atoms with E-state index in [4.69, 9.17) is 4.74 Å². The van der Waals surface area contributed by atoms with Gasteiger partial charge in [-0.3, -0.25) is 19.3 Å². The third-order valence-corrected chi connectivity index (χ3v) is 6.47. The summed E-state index contributed by atoms with van der Waals surface area (Å²) in [6, 6.07) is 20.5. The maximum absolute atomic E-state index is 13.4. The molecule has 0 aliphatic carbocycles. The van der Waals surface area contributed by atoms with E-state index in [1.165, 1.54) is 4.90 Å². The summed E-state index contributed by atoms with van der Waals surface area (Å²) in [4.78, 5) is 41.2. The molecule has 1 aliphatic heterocycles. The van der Waals surface area contributed by atoms with E-state index in [-0.39, 0.29) is 5.78 Å². The van der Waals surface area contributed by atoms with Crippen LogP contribution in [0, 0.1) is 12.8 Å². The number of anilines is 1. The van der Waals surface area contributed by atoms with E-state index in [1.54, 1.807) is 54.6 Å². The van der Waals surface area contributed by atoms with Gasteiger partial charge in [-0.25, -0.2) is 0 Å². The van der Waals surface area contributed by atoms with Crippen molar-refractivity contribution >= 4 is 39.1 Å². The Bertz CT molecular complexity index is 1170. The highest BCUT2D eigenvalue weighted by Gasteiger charge is 2.52. The number of hydrogen-bond acceptors (Lipinski definition) is 4. The van der Waals surface area contributed by atoms with Crippen LogP contribution in [0.1, 0.15) is 34.5 Å². The largest absolute Gasteiger partial charge is 0.494 e. The third kappa shape index (κ3) is 3.98. The molecule has 2 unspecified atom stereocenters. The molecule has 0 N–H and O–H groups in total. The molecule has 3 aromatic rings. The Labute approximate surface area is 195 Å². The lowest BCUT2D eigenvalue weighted by Gasteiger charge is -2.28. The lowest BCUT2D eigenvalue weighted by Crippen LogP contribution is -2.30. The minimum Gasteiger partial charge on any atom is -0.494 e. The van der Waals surface area contributed by atoms with Gasteiger partial charge in [-0.15, -0.1) is 0 Å². The molecule has 6 heteroatoms. The Balaban J connectivity index is 1.84. The van der Waals surface area contributed by atoms with E-state index >= 15 is 0 Å². The highest BCUT2D eigenvalue weighted by Crippen LogP contribution is 2.42. The zero-order valence-corrected chi connectivity index (χ0v) is 19.3. The van der Waals surface area contributed by atoms with Crippen molar-refractivity contribution in [2.45, 2.75) is 19.9 Å². The number of nitrogens with zero attached hydrogens (tertiary/aromatic N) is 1. The fraction of sp³-hybridized carbons (Fsp3) is 0.192. The molecule has 162 valence electrons. The Morgan fingerprint density at radius 2 is 1.69 bits per heavy atom. The molecule has 1 amide bonds. The Kier molecular flexibility index (Phi) is 6.24. The molecular formula is C26H22BrNO4. The summed E-state index contributed by atoms with van der Waals surface area (Å²) in [5, 5.41) is 0. The maximum atomic E-state index is 13.4. The van der Waals surface area contributed by atoms with Gasteiger partial charge in [0.25, 0.3) is 5.91 Å². The number of ether oxygens (including phenoxy) is 1. The summed E-state index contributed by atoms with van der Waals surface area (Å²) in [6.07, 6.45) is 0. The zero-order chi connectivity index (χ0) is 22.8. The SMILES string of the molecule is CCOc1ccc(C2C(C(=O)c3ccccc3)C(=O)C(=O)N2c2ccc(C)c(Br)c2)cc1. The van der Waals surface area contributed by atoms with Crippen molar-refractivity contribution < 1.29 is 19.1 Å². The minimum absolute atomic E-state index is 0.364. The van der Waals surface area contributed by atoms with Crippen LogP contribution in [0.2, 0.25) is 0 Å². The summed E-state index contributed by atoms with van der Waals surface area (Å²) in [6.45, 7) is 4.36. The topological polar surface area (TPSA) is 63.7 Å². The Morgan fingerprint density at radius 1 is 1.00 bits per heavy atom. The van der Waals surface area contributed by atoms with Crippen molar-refractivity contribution in [3.8, 4) is 5.75 Å². The number of ketones is 2. The second-order valence-electron chi connectivity index (χ2n) is 7.63. The maximum Gasteiger partial charge on any atom is 0.295 e. The van der Waals surface area contributed by atoms with E-state index in [1.807, 2.05) is 32.0 Å². The van der Waals surface area contributed by atoms with Crippen LogP contribution in [-0.2, 0) is 9.59 Å². The first-order valence-electron chi connectivity index (χ1n) is 10.4. The lowest BCUT2D eigenvalue weighted by molar-refractivity contribution is -0.135. The smallest absolute Gasteiger partial charge is 0.295 e. The predicted molar refractivity (Wildman–Crippen MR) is 126 cm³/mol. The van der Waals surface area contributed by atoms with Crippen molar-refractivity contribution in [1.29, 1.82) is 0 Å². The molecule has 5 nitrogen and oxygen atoms in total. The van der Waals surface area contributed by atoms with Gasteiger partial charge in [-0.2, -0.15) is 0 Å². The van der Waals surface area contributed by atoms with Gasteiger partial charge in [-0.1, -0.05) is 64.5 Å². The predicted octanol–water partition coefficient (Wildman–Crippen LogP) is 5.31. The summed E-state index contributed by atoms with van der Waals surface area (Å²) in [5.41, 5.74) is 2.66. The molecule has 1 heterocycles. The minimum atomic E-state index is -1.14. The summed E-state index contributed by atoms with van der Waals surface area (Å²) in [5.74, 6) is -2.20. The molecule has 1 saturated heterocycles. The van der Waals surface area contributed by atoms with Crippen LogP contribution in [0.3, 0.4) is 0 Å². The summed E-state index contributed by atoms with van der Waals surface area (Å²) < 4.78 is 6.35. The number of Topliss-reactive ketones (excluding diaryl/α,β-unsaturated/α-hetero) is 2. The standard InChI is InChI=1S/C26H22BrNO4/c1-3-32-20-13-10-17(11-14-20)23-22(24(29)18-7-5-4-6-8-18)25(30)26(31)28(23)19-12-9-16(2)21(27)15-19/h4-15,22-23H,3H2,1-2H3. The second-order valence-corrected chi connectivity index (χ2v) is 8.48. The van der Waals surface area contributed by atoms with Crippen LogP contribution < -0.4 is 9.64 Å². The van der Waals surface area contributed by atoms with Gasteiger partial charge in [0.2, 0.25) is 5.78 Å². The molecule has 4 rings (SSSR count). The van der Waals surface area contributed by atoms with E-state index in [9.17, 15) is 14.4 Å². The van der Waals surface area contributed by atoms with Crippen LogP contribution in [0.4, 0.5) is 5.69 Å². The van der Waals surface area contributed by atoms with Gasteiger partial charge in [0.05, 0.1) is 12.6 Å². The number of hydrogen-bond donors (Lipinski definition) is 0. The fourth-order valence-corrected chi connectivity index (χ4v) is 4.36. The van der Waals surface area contributed by atoms with Crippen LogP contribution in [0.25, 0.3) is 0 Å². The Hall–Kier alpha value is -3.25. The fourth-order valence-electron chi connectivity index (χ4n) is 3.99. The van der Waals surface area contributed by atoms with Crippen LogP contribution in [0.15, 0.2) is 77.3 Å². The summed E-state index contributed by atoms with van der Waals surface area (Å²) in [7, 11) is 0. The molecule has 0 bridgehead atoms. The van der Waals surface area contributed by atoms with Crippen LogP contribution in [-0.4, -0.2) is 24.1 Å². The molecule has 1 fully saturated rings. The first-order valence-corrected chi connectivity index (χ1v) is 11.2. The molecule has 0 radical (unpaired) electrons. The number of amides is 1. The zero-order valence-electron chi connectivity index (χ0n) is 17.7. The first kappa shape index (κ1) is 22.0. The van der Waals surface area contributed by atoms with Crippen LogP contribution in [0.5, 0.6) is 5.75 Å². The molecule has 3 aromatic carbocycles. The highest BCUT2D eigenvalue weighted by molar-refractivity contribution is 9.10. The van der Waals surface area contributed by atoms with Gasteiger partial charge in [-0.05, 0) is 49.2 Å². The number of aryl methyl sites for hydroxylation is 1. The van der Waals surface area contributed by atoms with Gasteiger partial charge >= 0.3 is 0 Å². The van der Waals surface area contributed by atoms with Crippen molar-refractivity contribution in [2.24, 2.45) is 5.92 Å². The number of rotatable bonds is 6. The summed E-state index contributed by atoms with van der Waals surface area (Å²) >= 11 is 3.51. The lowest BCUT2D eigenvalue weighted by atomic mass is 9.86. The van der Waals surface area contributed by atoms with Crippen molar-refractivity contribution in [3.05, 3.63) is 94.0 Å². The van der Waals surface area contributed by atoms with E-state index in [0.29, 0.717) is 29.2 Å². The van der Waals surface area contributed by atoms with Gasteiger partial charge < -0.3 is 4.74 Å². The van der Waals surface area contributed by atoms with Gasteiger partial charge in [0.1, 0.15) is 11.7 Å².